The predicted octanol–water partition coefficient (Wildman–Crippen LogP) is 2.95. The third-order valence-corrected chi connectivity index (χ3v) is 3.31. The minimum absolute atomic E-state index is 0.156. The number of hydrogen-bond acceptors (Lipinski definition) is 2. The van der Waals surface area contributed by atoms with Gasteiger partial charge in [-0.1, -0.05) is 13.8 Å². The molecule has 78 valence electrons. The fraction of sp³-hybridized carbons (Fsp3) is 0.583. The van der Waals surface area contributed by atoms with E-state index in [1.165, 1.54) is 5.69 Å². The molecule has 0 bridgehead atoms. The van der Waals surface area contributed by atoms with E-state index in [9.17, 15) is 0 Å². The molecule has 1 aromatic heterocycles. The summed E-state index contributed by atoms with van der Waals surface area (Å²) < 4.78 is 0. The molecule has 0 aliphatic carbocycles. The van der Waals surface area contributed by atoms with Crippen LogP contribution >= 0.6 is 0 Å². The molecule has 0 aromatic carbocycles. The van der Waals surface area contributed by atoms with Crippen LogP contribution in [0.1, 0.15) is 27.7 Å². The molecule has 0 unspecified atom stereocenters. The van der Waals surface area contributed by atoms with Crippen LogP contribution in [-0.2, 0) is 0 Å². The maximum Gasteiger partial charge on any atom is 0.0554 e. The van der Waals surface area contributed by atoms with Crippen molar-refractivity contribution in [3.63, 3.8) is 0 Å². The molecule has 0 N–H and O–H groups in total. The van der Waals surface area contributed by atoms with Crippen molar-refractivity contribution in [2.24, 2.45) is 5.92 Å². The van der Waals surface area contributed by atoms with Gasteiger partial charge in [0, 0.05) is 18.8 Å². The van der Waals surface area contributed by atoms with Gasteiger partial charge in [-0.25, -0.2) is 0 Å². The van der Waals surface area contributed by atoms with Gasteiger partial charge in [-0.15, -0.1) is 0 Å². The van der Waals surface area contributed by atoms with E-state index in [4.69, 9.17) is 0 Å². The van der Waals surface area contributed by atoms with Crippen molar-refractivity contribution < 1.29 is 0 Å². The Bertz CT molecular complexity index is 278. The summed E-state index contributed by atoms with van der Waals surface area (Å²) in [5.74, 6) is 0.604. The summed E-state index contributed by atoms with van der Waals surface area (Å²) in [4.78, 5) is 6.42. The lowest BCUT2D eigenvalue weighted by molar-refractivity contribution is 0.355. The predicted molar refractivity (Wildman–Crippen MR) is 61.6 cm³/mol. The first-order valence-electron chi connectivity index (χ1n) is 5.10. The maximum atomic E-state index is 4.14. The zero-order valence-corrected chi connectivity index (χ0v) is 9.78. The second-order valence-electron chi connectivity index (χ2n) is 4.58. The smallest absolute Gasteiger partial charge is 0.0554 e. The summed E-state index contributed by atoms with van der Waals surface area (Å²) in [6, 6.07) is 4.07. The first-order chi connectivity index (χ1) is 6.46. The lowest BCUT2D eigenvalue weighted by Crippen LogP contribution is -2.45. The molecule has 2 nitrogen and oxygen atoms in total. The van der Waals surface area contributed by atoms with Crippen LogP contribution in [0.5, 0.6) is 0 Å². The molecule has 1 heterocycles. The molecular weight excluding hydrogens is 172 g/mol. The Balaban J connectivity index is 2.90. The fourth-order valence-corrected chi connectivity index (χ4v) is 1.27. The average molecular weight is 192 g/mol. The standard InChI is InChI=1S/C12H20N2/c1-10(2)12(3,4)14(5)11-7-6-8-13-9-11/h6-10H,1-5H3. The minimum atomic E-state index is 0.156. The third kappa shape index (κ3) is 2.06. The van der Waals surface area contributed by atoms with E-state index in [1.807, 2.05) is 12.3 Å². The minimum Gasteiger partial charge on any atom is -0.368 e. The highest BCUT2D eigenvalue weighted by Gasteiger charge is 2.27. The van der Waals surface area contributed by atoms with Crippen LogP contribution in [0.15, 0.2) is 24.5 Å². The van der Waals surface area contributed by atoms with Crippen molar-refractivity contribution in [3.05, 3.63) is 24.5 Å². The summed E-state index contributed by atoms with van der Waals surface area (Å²) in [5.41, 5.74) is 1.33. The molecule has 0 atom stereocenters. The maximum absolute atomic E-state index is 4.14. The Morgan fingerprint density at radius 1 is 1.36 bits per heavy atom. The molecular formula is C12H20N2. The van der Waals surface area contributed by atoms with Crippen molar-refractivity contribution in [2.45, 2.75) is 33.2 Å². The molecule has 0 saturated carbocycles. The Kier molecular flexibility index (Phi) is 3.14. The Labute approximate surface area is 87.0 Å². The first kappa shape index (κ1) is 11.0. The number of hydrogen-bond donors (Lipinski definition) is 0. The molecule has 0 aliphatic rings. The van der Waals surface area contributed by atoms with E-state index < -0.39 is 0 Å². The van der Waals surface area contributed by atoms with Crippen molar-refractivity contribution in [3.8, 4) is 0 Å². The lowest BCUT2D eigenvalue weighted by Gasteiger charge is -2.40. The number of rotatable bonds is 3. The van der Waals surface area contributed by atoms with Crippen LogP contribution in [0.3, 0.4) is 0 Å². The Morgan fingerprint density at radius 2 is 2.00 bits per heavy atom. The summed E-state index contributed by atoms with van der Waals surface area (Å²) in [7, 11) is 2.12. The first-order valence-corrected chi connectivity index (χ1v) is 5.10. The van der Waals surface area contributed by atoms with Gasteiger partial charge in [0.1, 0.15) is 0 Å². The van der Waals surface area contributed by atoms with Gasteiger partial charge in [0.15, 0.2) is 0 Å². The van der Waals surface area contributed by atoms with E-state index in [0.29, 0.717) is 5.92 Å². The third-order valence-electron chi connectivity index (χ3n) is 3.31. The summed E-state index contributed by atoms with van der Waals surface area (Å²) in [5, 5.41) is 0. The molecule has 0 aliphatic heterocycles. The van der Waals surface area contributed by atoms with Gasteiger partial charge in [0.05, 0.1) is 11.9 Å². The summed E-state index contributed by atoms with van der Waals surface area (Å²) in [6.45, 7) is 9.00. The molecule has 0 saturated heterocycles. The van der Waals surface area contributed by atoms with Gasteiger partial charge in [0.25, 0.3) is 0 Å². The van der Waals surface area contributed by atoms with Gasteiger partial charge in [-0.05, 0) is 31.9 Å². The van der Waals surface area contributed by atoms with Crippen molar-refractivity contribution in [1.29, 1.82) is 0 Å². The van der Waals surface area contributed by atoms with E-state index in [2.05, 4.69) is 50.7 Å². The molecule has 2 heteroatoms. The average Bonchev–Trinajstić information content (AvgIpc) is 2.17. The van der Waals surface area contributed by atoms with Crippen LogP contribution in [0, 0.1) is 5.92 Å². The van der Waals surface area contributed by atoms with Crippen LogP contribution in [0.4, 0.5) is 5.69 Å². The topological polar surface area (TPSA) is 16.1 Å². The number of pyridine rings is 1. The highest BCUT2D eigenvalue weighted by atomic mass is 15.2. The van der Waals surface area contributed by atoms with Crippen LogP contribution in [0.2, 0.25) is 0 Å². The molecule has 14 heavy (non-hydrogen) atoms. The summed E-state index contributed by atoms with van der Waals surface area (Å²) in [6.07, 6.45) is 3.71. The zero-order valence-electron chi connectivity index (χ0n) is 9.78. The molecule has 1 aromatic rings. The number of anilines is 1. The van der Waals surface area contributed by atoms with E-state index in [0.717, 1.165) is 0 Å². The quantitative estimate of drug-likeness (QED) is 0.732. The van der Waals surface area contributed by atoms with Crippen molar-refractivity contribution in [1.82, 2.24) is 4.98 Å². The lowest BCUT2D eigenvalue weighted by atomic mass is 9.89. The van der Waals surface area contributed by atoms with Gasteiger partial charge in [-0.2, -0.15) is 0 Å². The van der Waals surface area contributed by atoms with Crippen LogP contribution < -0.4 is 4.90 Å². The SMILES string of the molecule is CC(C)C(C)(C)N(C)c1cccnc1. The largest absolute Gasteiger partial charge is 0.368 e. The second kappa shape index (κ2) is 3.99. The zero-order chi connectivity index (χ0) is 10.8. The number of aromatic nitrogens is 1. The Morgan fingerprint density at radius 3 is 2.43 bits per heavy atom. The highest BCUT2D eigenvalue weighted by Crippen LogP contribution is 2.27. The highest BCUT2D eigenvalue weighted by molar-refractivity contribution is 5.45. The van der Waals surface area contributed by atoms with E-state index in [-0.39, 0.29) is 5.54 Å². The Hall–Kier alpha value is -1.05. The normalized spacial score (nSPS) is 11.9. The van der Waals surface area contributed by atoms with E-state index >= 15 is 0 Å². The van der Waals surface area contributed by atoms with Gasteiger partial charge in [0.2, 0.25) is 0 Å². The van der Waals surface area contributed by atoms with Gasteiger partial charge in [-0.3, -0.25) is 4.98 Å². The molecule has 0 amide bonds. The molecule has 0 fully saturated rings. The van der Waals surface area contributed by atoms with Gasteiger partial charge < -0.3 is 4.90 Å². The molecule has 0 spiro atoms. The monoisotopic (exact) mass is 192 g/mol. The fourth-order valence-electron chi connectivity index (χ4n) is 1.27. The summed E-state index contributed by atoms with van der Waals surface area (Å²) >= 11 is 0. The van der Waals surface area contributed by atoms with Crippen LogP contribution in [-0.4, -0.2) is 17.6 Å². The van der Waals surface area contributed by atoms with Gasteiger partial charge >= 0.3 is 0 Å². The number of nitrogens with zero attached hydrogens (tertiary/aromatic N) is 2. The van der Waals surface area contributed by atoms with Crippen molar-refractivity contribution >= 4 is 5.69 Å². The van der Waals surface area contributed by atoms with Crippen molar-refractivity contribution in [2.75, 3.05) is 11.9 Å². The van der Waals surface area contributed by atoms with Crippen LogP contribution in [0.25, 0.3) is 0 Å². The second-order valence-corrected chi connectivity index (χ2v) is 4.58. The molecule has 0 radical (unpaired) electrons. The molecule has 1 rings (SSSR count). The van der Waals surface area contributed by atoms with E-state index in [1.54, 1.807) is 6.20 Å².